The van der Waals surface area contributed by atoms with E-state index in [1.165, 1.54) is 0 Å². The standard InChI is InChI=1S/C19H20N2O2/c1-4-8-16-18(23)21(19(16,3)20-5-2)17-12-14(22)11-13-9-6-7-10-15(13)17/h4,6-12,20,22H,1,5H2,2-3H3/b16-8-. The molecule has 0 bridgehead atoms. The van der Waals surface area contributed by atoms with Gasteiger partial charge in [-0.15, -0.1) is 0 Å². The Labute approximate surface area is 135 Å². The van der Waals surface area contributed by atoms with Crippen molar-refractivity contribution in [1.82, 2.24) is 5.32 Å². The lowest BCUT2D eigenvalue weighted by Crippen LogP contribution is -2.71. The lowest BCUT2D eigenvalue weighted by Gasteiger charge is -2.52. The molecule has 0 aromatic heterocycles. The Bertz CT molecular complexity index is 825. The number of nitrogens with one attached hydrogen (secondary N) is 1. The monoisotopic (exact) mass is 308 g/mol. The number of nitrogens with zero attached hydrogens (tertiary/aromatic N) is 1. The number of phenols is 1. The van der Waals surface area contributed by atoms with Crippen LogP contribution in [-0.2, 0) is 4.79 Å². The van der Waals surface area contributed by atoms with Crippen molar-refractivity contribution in [1.29, 1.82) is 0 Å². The average molecular weight is 308 g/mol. The summed E-state index contributed by atoms with van der Waals surface area (Å²) in [5.74, 6) is 0.0654. The zero-order valence-electron chi connectivity index (χ0n) is 13.3. The number of anilines is 1. The van der Waals surface area contributed by atoms with Crippen molar-refractivity contribution in [3.63, 3.8) is 0 Å². The molecule has 0 radical (unpaired) electrons. The van der Waals surface area contributed by atoms with Crippen LogP contribution in [0.4, 0.5) is 5.69 Å². The number of amides is 1. The van der Waals surface area contributed by atoms with Gasteiger partial charge in [0.2, 0.25) is 0 Å². The molecule has 2 aromatic carbocycles. The summed E-state index contributed by atoms with van der Waals surface area (Å²) in [6.07, 6.45) is 3.37. The molecule has 4 nitrogen and oxygen atoms in total. The Morgan fingerprint density at radius 1 is 1.35 bits per heavy atom. The lowest BCUT2D eigenvalue weighted by atomic mass is 9.85. The van der Waals surface area contributed by atoms with E-state index in [2.05, 4.69) is 11.9 Å². The molecular weight excluding hydrogens is 288 g/mol. The molecule has 118 valence electrons. The SMILES string of the molecule is C=C/C=C1/C(=O)N(c2cc(O)cc3ccccc23)C1(C)NCC. The average Bonchev–Trinajstić information content (AvgIpc) is 2.52. The van der Waals surface area contributed by atoms with Crippen LogP contribution in [0, 0.1) is 0 Å². The minimum absolute atomic E-state index is 0.0795. The molecule has 3 rings (SSSR count). The number of aromatic hydroxyl groups is 1. The smallest absolute Gasteiger partial charge is 0.259 e. The number of benzene rings is 2. The van der Waals surface area contributed by atoms with Gasteiger partial charge in [0, 0.05) is 11.5 Å². The number of hydrogen-bond donors (Lipinski definition) is 2. The van der Waals surface area contributed by atoms with E-state index in [1.54, 1.807) is 29.2 Å². The summed E-state index contributed by atoms with van der Waals surface area (Å²) in [4.78, 5) is 14.4. The number of hydrogen-bond acceptors (Lipinski definition) is 3. The molecule has 1 saturated heterocycles. The molecule has 1 atom stereocenters. The van der Waals surface area contributed by atoms with Gasteiger partial charge in [-0.1, -0.05) is 49.9 Å². The Morgan fingerprint density at radius 3 is 2.78 bits per heavy atom. The van der Waals surface area contributed by atoms with E-state index in [9.17, 15) is 9.90 Å². The summed E-state index contributed by atoms with van der Waals surface area (Å²) in [6, 6.07) is 11.1. The maximum absolute atomic E-state index is 12.7. The molecule has 2 aromatic rings. The van der Waals surface area contributed by atoms with Crippen molar-refractivity contribution in [3.8, 4) is 5.75 Å². The van der Waals surface area contributed by atoms with Gasteiger partial charge in [-0.05, 0) is 24.9 Å². The molecule has 2 N–H and O–H groups in total. The van der Waals surface area contributed by atoms with Crippen LogP contribution in [0.15, 0.2) is 60.7 Å². The summed E-state index contributed by atoms with van der Waals surface area (Å²) in [6.45, 7) is 8.37. The number of phenolic OH excluding ortho intramolecular Hbond substituents is 1. The van der Waals surface area contributed by atoms with Crippen LogP contribution in [-0.4, -0.2) is 23.2 Å². The highest BCUT2D eigenvalue weighted by Crippen LogP contribution is 2.43. The van der Waals surface area contributed by atoms with E-state index in [4.69, 9.17) is 0 Å². The van der Waals surface area contributed by atoms with Crippen LogP contribution >= 0.6 is 0 Å². The van der Waals surface area contributed by atoms with E-state index in [0.717, 1.165) is 10.8 Å². The zero-order valence-corrected chi connectivity index (χ0v) is 13.3. The summed E-state index contributed by atoms with van der Waals surface area (Å²) in [5, 5.41) is 15.2. The van der Waals surface area contributed by atoms with Gasteiger partial charge >= 0.3 is 0 Å². The molecule has 0 saturated carbocycles. The van der Waals surface area contributed by atoms with Gasteiger partial charge in [-0.3, -0.25) is 15.0 Å². The predicted octanol–water partition coefficient (Wildman–Crippen LogP) is 3.33. The Hall–Kier alpha value is -2.59. The summed E-state index contributed by atoms with van der Waals surface area (Å²) in [7, 11) is 0. The fraction of sp³-hybridized carbons (Fsp3) is 0.211. The second-order valence-corrected chi connectivity index (χ2v) is 5.75. The van der Waals surface area contributed by atoms with E-state index in [-0.39, 0.29) is 11.7 Å². The Kier molecular flexibility index (Phi) is 3.70. The van der Waals surface area contributed by atoms with Gasteiger partial charge in [-0.2, -0.15) is 0 Å². The molecule has 1 heterocycles. The third-order valence-corrected chi connectivity index (χ3v) is 4.28. The summed E-state index contributed by atoms with van der Waals surface area (Å²) >= 11 is 0. The van der Waals surface area contributed by atoms with Crippen molar-refractivity contribution >= 4 is 22.4 Å². The van der Waals surface area contributed by atoms with Gasteiger partial charge in [0.1, 0.15) is 11.4 Å². The first kappa shape index (κ1) is 15.3. The van der Waals surface area contributed by atoms with Crippen LogP contribution in [0.5, 0.6) is 5.75 Å². The van der Waals surface area contributed by atoms with Crippen molar-refractivity contribution in [2.24, 2.45) is 0 Å². The van der Waals surface area contributed by atoms with Gasteiger partial charge in [-0.25, -0.2) is 0 Å². The van der Waals surface area contributed by atoms with E-state index < -0.39 is 5.66 Å². The van der Waals surface area contributed by atoms with Gasteiger partial charge in [0.15, 0.2) is 0 Å². The van der Waals surface area contributed by atoms with Crippen molar-refractivity contribution in [3.05, 3.63) is 60.7 Å². The molecule has 1 amide bonds. The number of rotatable bonds is 4. The number of fused-ring (bicyclic) bond motifs is 1. The number of β-lactam (4-membered cyclic amide) rings is 1. The summed E-state index contributed by atoms with van der Waals surface area (Å²) in [5.41, 5.74) is 0.758. The van der Waals surface area contributed by atoms with Crippen molar-refractivity contribution in [2.75, 3.05) is 11.4 Å². The third-order valence-electron chi connectivity index (χ3n) is 4.28. The first-order chi connectivity index (χ1) is 11.0. The van der Waals surface area contributed by atoms with E-state index in [1.807, 2.05) is 38.1 Å². The van der Waals surface area contributed by atoms with Gasteiger partial charge in [0.25, 0.3) is 5.91 Å². The third kappa shape index (κ3) is 2.23. The molecular formula is C19H20N2O2. The molecule has 0 spiro atoms. The highest BCUT2D eigenvalue weighted by molar-refractivity contribution is 6.20. The summed E-state index contributed by atoms with van der Waals surface area (Å²) < 4.78 is 0. The van der Waals surface area contributed by atoms with E-state index >= 15 is 0 Å². The minimum Gasteiger partial charge on any atom is -0.508 e. The lowest BCUT2D eigenvalue weighted by molar-refractivity contribution is -0.121. The first-order valence-electron chi connectivity index (χ1n) is 7.67. The molecule has 1 aliphatic rings. The fourth-order valence-electron chi connectivity index (χ4n) is 3.28. The highest BCUT2D eigenvalue weighted by Gasteiger charge is 2.53. The number of carbonyl (C=O) groups is 1. The van der Waals surface area contributed by atoms with Crippen LogP contribution in [0.25, 0.3) is 10.8 Å². The fourth-order valence-corrected chi connectivity index (χ4v) is 3.28. The number of likely N-dealkylation sites (N-methyl/N-ethyl adjacent to an activating group) is 1. The normalized spacial score (nSPS) is 22.4. The topological polar surface area (TPSA) is 52.6 Å². The molecule has 0 aliphatic carbocycles. The molecule has 1 unspecified atom stereocenters. The Morgan fingerprint density at radius 2 is 2.09 bits per heavy atom. The predicted molar refractivity (Wildman–Crippen MR) is 93.5 cm³/mol. The highest BCUT2D eigenvalue weighted by atomic mass is 16.3. The maximum Gasteiger partial charge on any atom is 0.259 e. The Balaban J connectivity index is 2.20. The first-order valence-corrected chi connectivity index (χ1v) is 7.67. The quantitative estimate of drug-likeness (QED) is 0.673. The van der Waals surface area contributed by atoms with E-state index in [0.29, 0.717) is 17.8 Å². The van der Waals surface area contributed by atoms with Crippen LogP contribution < -0.4 is 10.2 Å². The zero-order chi connectivity index (χ0) is 16.6. The van der Waals surface area contributed by atoms with Gasteiger partial charge in [0.05, 0.1) is 11.3 Å². The maximum atomic E-state index is 12.7. The molecule has 1 aliphatic heterocycles. The molecule has 4 heteroatoms. The van der Waals surface area contributed by atoms with Crippen LogP contribution in [0.2, 0.25) is 0 Å². The number of carbonyl (C=O) groups excluding carboxylic acids is 1. The van der Waals surface area contributed by atoms with Crippen LogP contribution in [0.1, 0.15) is 13.8 Å². The van der Waals surface area contributed by atoms with Crippen LogP contribution in [0.3, 0.4) is 0 Å². The largest absolute Gasteiger partial charge is 0.508 e. The molecule has 23 heavy (non-hydrogen) atoms. The van der Waals surface area contributed by atoms with Crippen molar-refractivity contribution < 1.29 is 9.90 Å². The minimum atomic E-state index is -0.614. The molecule has 1 fully saturated rings. The second kappa shape index (κ2) is 5.56. The van der Waals surface area contributed by atoms with Gasteiger partial charge < -0.3 is 5.11 Å². The number of allylic oxidation sites excluding steroid dienone is 2. The van der Waals surface area contributed by atoms with Crippen molar-refractivity contribution in [2.45, 2.75) is 19.5 Å². The second-order valence-electron chi connectivity index (χ2n) is 5.75.